The van der Waals surface area contributed by atoms with Gasteiger partial charge in [0.1, 0.15) is 0 Å². The van der Waals surface area contributed by atoms with E-state index in [1.807, 2.05) is 0 Å². The van der Waals surface area contributed by atoms with Crippen LogP contribution in [0.4, 0.5) is 0 Å². The normalized spacial score (nSPS) is 19.2. The van der Waals surface area contributed by atoms with E-state index >= 15 is 0 Å². The molecule has 2 rings (SSSR count). The number of rotatable bonds is 9. The van der Waals surface area contributed by atoms with Gasteiger partial charge in [0.2, 0.25) is 20.0 Å². The third kappa shape index (κ3) is 6.48. The van der Waals surface area contributed by atoms with Crippen molar-refractivity contribution < 1.29 is 16.8 Å². The first-order valence-corrected chi connectivity index (χ1v) is 11.3. The van der Waals surface area contributed by atoms with Crippen LogP contribution in [0.25, 0.3) is 0 Å². The molecule has 1 atom stereocenters. The Bertz CT molecular complexity index is 699. The molecular weight excluding hydrogens is 350 g/mol. The van der Waals surface area contributed by atoms with Crippen LogP contribution in [0, 0.1) is 5.92 Å². The van der Waals surface area contributed by atoms with Gasteiger partial charge < -0.3 is 5.32 Å². The Morgan fingerprint density at radius 3 is 2.46 bits per heavy atom. The van der Waals surface area contributed by atoms with E-state index < -0.39 is 20.0 Å². The summed E-state index contributed by atoms with van der Waals surface area (Å²) < 4.78 is 52.7. The number of benzene rings is 1. The minimum Gasteiger partial charge on any atom is -0.316 e. The number of hydrogen-bond donors (Lipinski definition) is 3. The molecule has 1 aromatic rings. The van der Waals surface area contributed by atoms with Crippen LogP contribution in [0.1, 0.15) is 19.3 Å². The zero-order chi connectivity index (χ0) is 17.5. The highest BCUT2D eigenvalue weighted by atomic mass is 32.2. The number of hydrogen-bond acceptors (Lipinski definition) is 5. The van der Waals surface area contributed by atoms with Gasteiger partial charge in [-0.1, -0.05) is 18.2 Å². The summed E-state index contributed by atoms with van der Waals surface area (Å²) in [5, 5.41) is 3.30. The quantitative estimate of drug-likeness (QED) is 0.575. The van der Waals surface area contributed by atoms with E-state index in [4.69, 9.17) is 0 Å². The van der Waals surface area contributed by atoms with Crippen LogP contribution in [-0.2, 0) is 20.0 Å². The van der Waals surface area contributed by atoms with Gasteiger partial charge in [-0.25, -0.2) is 26.3 Å². The third-order valence-electron chi connectivity index (χ3n) is 3.99. The molecule has 136 valence electrons. The van der Waals surface area contributed by atoms with Gasteiger partial charge in [0.05, 0.1) is 10.6 Å². The molecule has 1 aromatic carbocycles. The van der Waals surface area contributed by atoms with E-state index in [0.29, 0.717) is 12.5 Å². The molecule has 1 saturated heterocycles. The predicted octanol–water partition coefficient (Wildman–Crippen LogP) is 0.274. The van der Waals surface area contributed by atoms with Gasteiger partial charge in [0.15, 0.2) is 0 Å². The van der Waals surface area contributed by atoms with Crippen molar-refractivity contribution in [2.24, 2.45) is 5.92 Å². The summed E-state index contributed by atoms with van der Waals surface area (Å²) in [6.07, 6.45) is 3.03. The Kier molecular flexibility index (Phi) is 7.17. The minimum absolute atomic E-state index is 0.125. The molecule has 1 heterocycles. The summed E-state index contributed by atoms with van der Waals surface area (Å²) in [5.74, 6) is 0.222. The zero-order valence-electron chi connectivity index (χ0n) is 13.6. The average molecular weight is 376 g/mol. The lowest BCUT2D eigenvalue weighted by Gasteiger charge is -2.22. The molecular formula is C15H25N3O4S2. The molecule has 0 bridgehead atoms. The van der Waals surface area contributed by atoms with Crippen molar-refractivity contribution in [1.82, 2.24) is 14.8 Å². The summed E-state index contributed by atoms with van der Waals surface area (Å²) in [5.41, 5.74) is 0. The Balaban J connectivity index is 1.72. The fraction of sp³-hybridized carbons (Fsp3) is 0.600. The van der Waals surface area contributed by atoms with E-state index in [9.17, 15) is 16.8 Å². The maximum absolute atomic E-state index is 12.0. The fourth-order valence-corrected chi connectivity index (χ4v) is 4.78. The summed E-state index contributed by atoms with van der Waals surface area (Å²) >= 11 is 0. The van der Waals surface area contributed by atoms with Crippen molar-refractivity contribution in [3.8, 4) is 0 Å². The van der Waals surface area contributed by atoms with Crippen LogP contribution in [0.3, 0.4) is 0 Å². The molecule has 0 aromatic heterocycles. The molecule has 0 radical (unpaired) electrons. The van der Waals surface area contributed by atoms with Gasteiger partial charge in [-0.15, -0.1) is 0 Å². The SMILES string of the molecule is O=S(=O)(CCNS(=O)(=O)c1ccccc1)NCCC1CCCNC1. The predicted molar refractivity (Wildman–Crippen MR) is 93.6 cm³/mol. The topological polar surface area (TPSA) is 104 Å². The van der Waals surface area contributed by atoms with Crippen molar-refractivity contribution >= 4 is 20.0 Å². The second kappa shape index (κ2) is 8.91. The minimum atomic E-state index is -3.67. The third-order valence-corrected chi connectivity index (χ3v) is 6.85. The second-order valence-electron chi connectivity index (χ2n) is 5.93. The van der Waals surface area contributed by atoms with Crippen molar-refractivity contribution in [1.29, 1.82) is 0 Å². The van der Waals surface area contributed by atoms with Gasteiger partial charge in [-0.05, 0) is 50.4 Å². The maximum atomic E-state index is 12.0. The molecule has 0 amide bonds. The van der Waals surface area contributed by atoms with Gasteiger partial charge in [-0.3, -0.25) is 0 Å². The second-order valence-corrected chi connectivity index (χ2v) is 9.62. The first kappa shape index (κ1) is 19.3. The number of sulfonamides is 2. The maximum Gasteiger partial charge on any atom is 0.240 e. The lowest BCUT2D eigenvalue weighted by atomic mass is 9.96. The molecule has 1 aliphatic rings. The lowest BCUT2D eigenvalue weighted by Crippen LogP contribution is -2.36. The molecule has 3 N–H and O–H groups in total. The molecule has 7 nitrogen and oxygen atoms in total. The largest absolute Gasteiger partial charge is 0.316 e. The van der Waals surface area contributed by atoms with Gasteiger partial charge in [-0.2, -0.15) is 0 Å². The highest BCUT2D eigenvalue weighted by molar-refractivity contribution is 7.90. The monoisotopic (exact) mass is 375 g/mol. The highest BCUT2D eigenvalue weighted by Crippen LogP contribution is 2.13. The summed E-state index contributed by atoms with van der Waals surface area (Å²) in [6.45, 7) is 2.19. The Morgan fingerprint density at radius 2 is 1.79 bits per heavy atom. The van der Waals surface area contributed by atoms with Crippen LogP contribution in [-0.4, -0.2) is 48.8 Å². The first-order valence-electron chi connectivity index (χ1n) is 8.12. The standard InChI is InChI=1S/C15H25N3O4S2/c19-23(20,17-10-8-14-5-4-9-16-13-14)12-11-18-24(21,22)15-6-2-1-3-7-15/h1-3,6-7,14,16-18H,4-5,8-13H2. The molecule has 1 aliphatic heterocycles. The van der Waals surface area contributed by atoms with Crippen LogP contribution >= 0.6 is 0 Å². The smallest absolute Gasteiger partial charge is 0.240 e. The van der Waals surface area contributed by atoms with Gasteiger partial charge in [0, 0.05) is 13.1 Å². The van der Waals surface area contributed by atoms with E-state index in [1.54, 1.807) is 18.2 Å². The van der Waals surface area contributed by atoms with E-state index in [-0.39, 0.29) is 17.2 Å². The average Bonchev–Trinajstić information content (AvgIpc) is 2.56. The number of nitrogens with one attached hydrogen (secondary N) is 3. The van der Waals surface area contributed by atoms with Gasteiger partial charge >= 0.3 is 0 Å². The molecule has 1 unspecified atom stereocenters. The Hall–Kier alpha value is -1.00. The highest BCUT2D eigenvalue weighted by Gasteiger charge is 2.17. The molecule has 0 spiro atoms. The molecule has 24 heavy (non-hydrogen) atoms. The van der Waals surface area contributed by atoms with Crippen molar-refractivity contribution in [3.05, 3.63) is 30.3 Å². The lowest BCUT2D eigenvalue weighted by molar-refractivity contribution is 0.358. The van der Waals surface area contributed by atoms with Crippen molar-refractivity contribution in [2.75, 3.05) is 31.9 Å². The summed E-state index contributed by atoms with van der Waals surface area (Å²) in [4.78, 5) is 0.125. The van der Waals surface area contributed by atoms with Gasteiger partial charge in [0.25, 0.3) is 0 Å². The zero-order valence-corrected chi connectivity index (χ0v) is 15.2. The molecule has 0 aliphatic carbocycles. The van der Waals surface area contributed by atoms with Crippen molar-refractivity contribution in [3.63, 3.8) is 0 Å². The van der Waals surface area contributed by atoms with Crippen LogP contribution < -0.4 is 14.8 Å². The van der Waals surface area contributed by atoms with E-state index in [1.165, 1.54) is 12.1 Å². The van der Waals surface area contributed by atoms with Crippen LogP contribution in [0.5, 0.6) is 0 Å². The molecule has 9 heteroatoms. The van der Waals surface area contributed by atoms with E-state index in [2.05, 4.69) is 14.8 Å². The summed E-state index contributed by atoms with van der Waals surface area (Å²) in [6, 6.07) is 7.88. The molecule has 0 saturated carbocycles. The Morgan fingerprint density at radius 1 is 1.04 bits per heavy atom. The van der Waals surface area contributed by atoms with Crippen LogP contribution in [0.2, 0.25) is 0 Å². The fourth-order valence-electron chi connectivity index (χ4n) is 2.65. The first-order chi connectivity index (χ1) is 11.4. The van der Waals surface area contributed by atoms with Crippen LogP contribution in [0.15, 0.2) is 35.2 Å². The van der Waals surface area contributed by atoms with Crippen molar-refractivity contribution in [2.45, 2.75) is 24.2 Å². The Labute approximate surface area is 144 Å². The molecule has 1 fully saturated rings. The van der Waals surface area contributed by atoms with E-state index in [0.717, 1.165) is 32.4 Å². The number of piperidine rings is 1. The summed E-state index contributed by atoms with van der Waals surface area (Å²) in [7, 11) is -7.16.